The molecule has 0 radical (unpaired) electrons. The quantitative estimate of drug-likeness (QED) is 0.419. The van der Waals surface area contributed by atoms with E-state index in [0.717, 1.165) is 17.9 Å². The zero-order valence-electron chi connectivity index (χ0n) is 17.8. The molecule has 0 spiro atoms. The monoisotopic (exact) mass is 448 g/mol. The Balaban J connectivity index is 1.32. The molecule has 164 valence electrons. The van der Waals surface area contributed by atoms with Crippen molar-refractivity contribution in [3.63, 3.8) is 0 Å². The number of benzene rings is 2. The molecular weight excluding hydrogens is 424 g/mol. The predicted molar refractivity (Wildman–Crippen MR) is 123 cm³/mol. The number of ether oxygens (including phenoxy) is 2. The van der Waals surface area contributed by atoms with E-state index in [1.807, 2.05) is 51.9 Å². The molecule has 3 heterocycles. The van der Waals surface area contributed by atoms with Gasteiger partial charge in [-0.1, -0.05) is 48.2 Å². The first-order valence-corrected chi connectivity index (χ1v) is 11.6. The number of thioether (sulfide) groups is 1. The van der Waals surface area contributed by atoms with Gasteiger partial charge in [-0.2, -0.15) is 0 Å². The van der Waals surface area contributed by atoms with Crippen molar-refractivity contribution < 1.29 is 14.3 Å². The number of carbonyl (C=O) groups is 1. The fourth-order valence-electron chi connectivity index (χ4n) is 4.23. The Morgan fingerprint density at radius 3 is 2.81 bits per heavy atom. The summed E-state index contributed by atoms with van der Waals surface area (Å²) in [5, 5.41) is 9.38. The lowest BCUT2D eigenvalue weighted by molar-refractivity contribution is -0.116. The van der Waals surface area contributed by atoms with Gasteiger partial charge in [-0.15, -0.1) is 16.8 Å². The number of amides is 1. The van der Waals surface area contributed by atoms with Crippen LogP contribution < -0.4 is 14.4 Å². The minimum absolute atomic E-state index is 0.0633. The number of fused-ring (bicyclic) bond motifs is 2. The third-order valence-electron chi connectivity index (χ3n) is 5.65. The molecule has 0 saturated carbocycles. The molecule has 3 aromatic rings. The van der Waals surface area contributed by atoms with Crippen LogP contribution in [0.2, 0.25) is 0 Å². The molecule has 0 fully saturated rings. The van der Waals surface area contributed by atoms with Crippen LogP contribution in [0.5, 0.6) is 11.5 Å². The van der Waals surface area contributed by atoms with Gasteiger partial charge in [0, 0.05) is 18.3 Å². The molecule has 1 amide bonds. The van der Waals surface area contributed by atoms with Crippen LogP contribution in [0.25, 0.3) is 0 Å². The van der Waals surface area contributed by atoms with Crippen molar-refractivity contribution in [3.05, 3.63) is 72.6 Å². The van der Waals surface area contributed by atoms with Crippen LogP contribution in [0.3, 0.4) is 0 Å². The Morgan fingerprint density at radius 2 is 1.97 bits per heavy atom. The third-order valence-corrected chi connectivity index (χ3v) is 6.61. The number of hydrogen-bond acceptors (Lipinski definition) is 6. The number of carbonyl (C=O) groups excluding carboxylic acids is 1. The highest BCUT2D eigenvalue weighted by Crippen LogP contribution is 2.36. The number of hydrogen-bond donors (Lipinski definition) is 0. The summed E-state index contributed by atoms with van der Waals surface area (Å²) < 4.78 is 13.9. The van der Waals surface area contributed by atoms with E-state index < -0.39 is 0 Å². The highest BCUT2D eigenvalue weighted by atomic mass is 32.2. The van der Waals surface area contributed by atoms with E-state index in [1.165, 1.54) is 17.3 Å². The van der Waals surface area contributed by atoms with Crippen LogP contribution in [-0.4, -0.2) is 39.1 Å². The minimum Gasteiger partial charge on any atom is -0.485 e. The lowest BCUT2D eigenvalue weighted by Gasteiger charge is -2.26. The highest BCUT2D eigenvalue weighted by molar-refractivity contribution is 7.99. The van der Waals surface area contributed by atoms with Crippen LogP contribution in [0.15, 0.2) is 66.3 Å². The molecule has 2 aliphatic heterocycles. The Morgan fingerprint density at radius 1 is 1.19 bits per heavy atom. The van der Waals surface area contributed by atoms with Crippen LogP contribution in [0.1, 0.15) is 24.4 Å². The van der Waals surface area contributed by atoms with Gasteiger partial charge in [0.25, 0.3) is 0 Å². The summed E-state index contributed by atoms with van der Waals surface area (Å²) >= 11 is 1.38. The Labute approximate surface area is 191 Å². The van der Waals surface area contributed by atoms with Crippen molar-refractivity contribution in [1.29, 1.82) is 0 Å². The van der Waals surface area contributed by atoms with Crippen LogP contribution in [-0.2, 0) is 17.8 Å². The third kappa shape index (κ3) is 3.75. The predicted octanol–water partition coefficient (Wildman–Crippen LogP) is 4.05. The van der Waals surface area contributed by atoms with E-state index in [-0.39, 0.29) is 23.8 Å². The molecule has 1 aromatic heterocycles. The summed E-state index contributed by atoms with van der Waals surface area (Å²) in [5.74, 6) is 2.41. The Hall–Kier alpha value is -3.26. The largest absolute Gasteiger partial charge is 0.485 e. The number of rotatable bonds is 6. The molecule has 7 nitrogen and oxygen atoms in total. The van der Waals surface area contributed by atoms with E-state index >= 15 is 0 Å². The van der Waals surface area contributed by atoms with Crippen molar-refractivity contribution in [2.24, 2.45) is 0 Å². The number of allylic oxidation sites excluding steroid dienone is 1. The fourth-order valence-corrected chi connectivity index (χ4v) is 5.05. The van der Waals surface area contributed by atoms with Gasteiger partial charge in [0.15, 0.2) is 28.6 Å². The lowest BCUT2D eigenvalue weighted by Crippen LogP contribution is -2.37. The Kier molecular flexibility index (Phi) is 5.61. The summed E-state index contributed by atoms with van der Waals surface area (Å²) in [6.07, 6.45) is 2.28. The second kappa shape index (κ2) is 8.70. The number of aromatic nitrogens is 3. The molecule has 5 rings (SSSR count). The maximum absolute atomic E-state index is 13.1. The second-order valence-corrected chi connectivity index (χ2v) is 8.78. The molecule has 0 unspecified atom stereocenters. The molecular formula is C24H24N4O3S. The van der Waals surface area contributed by atoms with Gasteiger partial charge in [-0.3, -0.25) is 9.36 Å². The Bertz CT molecular complexity index is 1160. The minimum atomic E-state index is -0.382. The molecule has 8 heteroatoms. The lowest BCUT2D eigenvalue weighted by atomic mass is 10.1. The molecule has 2 atom stereocenters. The highest BCUT2D eigenvalue weighted by Gasteiger charge is 2.32. The van der Waals surface area contributed by atoms with Gasteiger partial charge in [0.05, 0.1) is 5.75 Å². The maximum Gasteiger partial charge on any atom is 0.237 e. The van der Waals surface area contributed by atoms with E-state index in [1.54, 1.807) is 6.08 Å². The normalized spacial score (nSPS) is 19.0. The van der Waals surface area contributed by atoms with Crippen molar-refractivity contribution in [3.8, 4) is 11.5 Å². The summed E-state index contributed by atoms with van der Waals surface area (Å²) in [7, 11) is 0. The summed E-state index contributed by atoms with van der Waals surface area (Å²) in [5.41, 5.74) is 2.22. The summed E-state index contributed by atoms with van der Waals surface area (Å²) in [4.78, 5) is 15.0. The van der Waals surface area contributed by atoms with Crippen molar-refractivity contribution in [1.82, 2.24) is 14.8 Å². The molecule has 0 saturated heterocycles. The average Bonchev–Trinajstić information content (AvgIpc) is 3.37. The number of anilines is 1. The zero-order chi connectivity index (χ0) is 22.1. The van der Waals surface area contributed by atoms with E-state index in [9.17, 15) is 4.79 Å². The van der Waals surface area contributed by atoms with E-state index in [4.69, 9.17) is 9.47 Å². The van der Waals surface area contributed by atoms with Crippen molar-refractivity contribution in [2.45, 2.75) is 37.2 Å². The molecule has 0 aliphatic carbocycles. The molecule has 0 bridgehead atoms. The van der Waals surface area contributed by atoms with Gasteiger partial charge >= 0.3 is 0 Å². The van der Waals surface area contributed by atoms with Gasteiger partial charge < -0.3 is 14.4 Å². The van der Waals surface area contributed by atoms with Gasteiger partial charge in [0.2, 0.25) is 5.91 Å². The maximum atomic E-state index is 13.1. The topological polar surface area (TPSA) is 69.5 Å². The SMILES string of the molecule is C=CCn1c(SCC(=O)N2c3ccccc3C[C@@H]2C)nnc1[C@@H]1COc2ccccc2O1. The van der Waals surface area contributed by atoms with E-state index in [2.05, 4.69) is 29.8 Å². The zero-order valence-corrected chi connectivity index (χ0v) is 18.6. The molecule has 2 aliphatic rings. The smallest absolute Gasteiger partial charge is 0.237 e. The van der Waals surface area contributed by atoms with Crippen LogP contribution in [0, 0.1) is 0 Å². The van der Waals surface area contributed by atoms with E-state index in [0.29, 0.717) is 29.9 Å². The van der Waals surface area contributed by atoms with Gasteiger partial charge in [0.1, 0.15) is 6.61 Å². The summed E-state index contributed by atoms with van der Waals surface area (Å²) in [6.45, 7) is 6.80. The van der Waals surface area contributed by atoms with Crippen LogP contribution in [0.4, 0.5) is 5.69 Å². The first-order chi connectivity index (χ1) is 15.7. The van der Waals surface area contributed by atoms with Crippen molar-refractivity contribution >= 4 is 23.4 Å². The second-order valence-electron chi connectivity index (χ2n) is 7.84. The standard InChI is InChI=1S/C24H24N4O3S/c1-3-12-27-23(21-14-30-19-10-6-7-11-20(19)31-21)25-26-24(27)32-15-22(29)28-16(2)13-17-8-4-5-9-18(17)28/h3-11,16,21H,1,12-15H2,2H3/t16-,21-/m0/s1. The molecule has 2 aromatic carbocycles. The molecule has 0 N–H and O–H groups in total. The van der Waals surface area contributed by atoms with Gasteiger partial charge in [-0.05, 0) is 37.1 Å². The summed E-state index contributed by atoms with van der Waals surface area (Å²) in [6, 6.07) is 15.8. The first kappa shape index (κ1) is 20.6. The molecule has 32 heavy (non-hydrogen) atoms. The number of nitrogens with zero attached hydrogens (tertiary/aromatic N) is 4. The fraction of sp³-hybridized carbons (Fsp3) is 0.292. The van der Waals surface area contributed by atoms with Crippen LogP contribution >= 0.6 is 11.8 Å². The van der Waals surface area contributed by atoms with Gasteiger partial charge in [-0.25, -0.2) is 0 Å². The number of para-hydroxylation sites is 3. The van der Waals surface area contributed by atoms with Crippen molar-refractivity contribution in [2.75, 3.05) is 17.3 Å². The first-order valence-electron chi connectivity index (χ1n) is 10.6. The average molecular weight is 449 g/mol.